The third-order valence-corrected chi connectivity index (χ3v) is 6.83. The molecular formula is C25H17BrClN3O3. The molecule has 0 N–H and O–H groups in total. The summed E-state index contributed by atoms with van der Waals surface area (Å²) in [6, 6.07) is 19.9. The summed E-state index contributed by atoms with van der Waals surface area (Å²) in [5.74, 6) is -2.33. The second-order valence-electron chi connectivity index (χ2n) is 7.82. The standard InChI is InChI=1S/C25H17BrClN3O3/c1-14-18(27)8-5-9-19(14)29-24(32)20-21(23(31)15-6-3-2-4-7-15)28-30(22(20)25(29)33)17-12-10-16(26)11-13-17/h2-13,20,22H,1H3/t20-,22+/m0/s1. The highest BCUT2D eigenvalue weighted by Gasteiger charge is 2.58. The highest BCUT2D eigenvalue weighted by atomic mass is 79.9. The molecule has 5 rings (SSSR count). The molecule has 2 atom stereocenters. The van der Waals surface area contributed by atoms with Crippen LogP contribution in [-0.4, -0.2) is 29.4 Å². The summed E-state index contributed by atoms with van der Waals surface area (Å²) in [4.78, 5) is 41.8. The van der Waals surface area contributed by atoms with Crippen molar-refractivity contribution in [1.82, 2.24) is 0 Å². The predicted octanol–water partition coefficient (Wildman–Crippen LogP) is 5.03. The largest absolute Gasteiger partial charge is 0.287 e. The third kappa shape index (κ3) is 3.48. The van der Waals surface area contributed by atoms with Gasteiger partial charge in [-0.15, -0.1) is 0 Å². The number of anilines is 2. The zero-order valence-electron chi connectivity index (χ0n) is 17.4. The number of nitrogens with zero attached hydrogens (tertiary/aromatic N) is 3. The molecule has 164 valence electrons. The van der Waals surface area contributed by atoms with Crippen LogP contribution in [0.25, 0.3) is 0 Å². The molecule has 33 heavy (non-hydrogen) atoms. The Balaban J connectivity index is 1.64. The van der Waals surface area contributed by atoms with E-state index in [-0.39, 0.29) is 11.5 Å². The predicted molar refractivity (Wildman–Crippen MR) is 131 cm³/mol. The first-order valence-corrected chi connectivity index (χ1v) is 11.4. The summed E-state index contributed by atoms with van der Waals surface area (Å²) in [5.41, 5.74) is 2.09. The van der Waals surface area contributed by atoms with Gasteiger partial charge in [-0.1, -0.05) is 63.9 Å². The average Bonchev–Trinajstić information content (AvgIpc) is 3.33. The van der Waals surface area contributed by atoms with Crippen molar-refractivity contribution in [1.29, 1.82) is 0 Å². The minimum absolute atomic E-state index is 0.0506. The van der Waals surface area contributed by atoms with Crippen LogP contribution in [0.3, 0.4) is 0 Å². The van der Waals surface area contributed by atoms with Crippen molar-refractivity contribution >= 4 is 62.2 Å². The van der Waals surface area contributed by atoms with Crippen LogP contribution < -0.4 is 9.91 Å². The van der Waals surface area contributed by atoms with E-state index in [4.69, 9.17) is 11.6 Å². The SMILES string of the molecule is Cc1c(Cl)cccc1N1C(=O)[C@H]2C(C(=O)c3ccccc3)=NN(c3ccc(Br)cc3)[C@H]2C1=O. The summed E-state index contributed by atoms with van der Waals surface area (Å²) < 4.78 is 0.858. The van der Waals surface area contributed by atoms with Crippen LogP contribution in [-0.2, 0) is 9.59 Å². The molecule has 2 amide bonds. The molecule has 2 heterocycles. The monoisotopic (exact) mass is 521 g/mol. The molecule has 0 saturated carbocycles. The molecule has 2 aliphatic rings. The molecule has 8 heteroatoms. The van der Waals surface area contributed by atoms with Gasteiger partial charge < -0.3 is 0 Å². The fourth-order valence-electron chi connectivity index (χ4n) is 4.22. The van der Waals surface area contributed by atoms with E-state index >= 15 is 0 Å². The van der Waals surface area contributed by atoms with E-state index in [2.05, 4.69) is 21.0 Å². The molecule has 0 radical (unpaired) electrons. The van der Waals surface area contributed by atoms with Crippen molar-refractivity contribution < 1.29 is 14.4 Å². The highest BCUT2D eigenvalue weighted by molar-refractivity contribution is 9.10. The maximum absolute atomic E-state index is 13.6. The number of hydrazone groups is 1. The molecule has 0 bridgehead atoms. The molecule has 1 saturated heterocycles. The number of carbonyl (C=O) groups is 3. The molecule has 0 spiro atoms. The molecule has 3 aromatic rings. The topological polar surface area (TPSA) is 70.1 Å². The van der Waals surface area contributed by atoms with Crippen molar-refractivity contribution in [2.75, 3.05) is 9.91 Å². The highest BCUT2D eigenvalue weighted by Crippen LogP contribution is 2.40. The first-order chi connectivity index (χ1) is 15.9. The van der Waals surface area contributed by atoms with Crippen molar-refractivity contribution in [2.45, 2.75) is 13.0 Å². The number of halogens is 2. The number of amides is 2. The van der Waals surface area contributed by atoms with Crippen LogP contribution in [0.4, 0.5) is 11.4 Å². The van der Waals surface area contributed by atoms with Gasteiger partial charge in [0.2, 0.25) is 11.7 Å². The van der Waals surface area contributed by atoms with E-state index in [9.17, 15) is 14.4 Å². The van der Waals surface area contributed by atoms with Gasteiger partial charge in [0.05, 0.1) is 11.4 Å². The zero-order chi connectivity index (χ0) is 23.3. The lowest BCUT2D eigenvalue weighted by Crippen LogP contribution is -2.39. The average molecular weight is 523 g/mol. The smallest absolute Gasteiger partial charge is 0.259 e. The van der Waals surface area contributed by atoms with Crippen molar-refractivity contribution in [2.24, 2.45) is 11.0 Å². The van der Waals surface area contributed by atoms with Gasteiger partial charge >= 0.3 is 0 Å². The molecule has 6 nitrogen and oxygen atoms in total. The van der Waals surface area contributed by atoms with Crippen molar-refractivity contribution in [3.63, 3.8) is 0 Å². The first kappa shape index (κ1) is 21.6. The molecule has 0 unspecified atom stereocenters. The van der Waals surface area contributed by atoms with Crippen LogP contribution in [0.15, 0.2) is 82.4 Å². The number of hydrogen-bond acceptors (Lipinski definition) is 5. The number of Topliss-reactive ketones (excluding diaryl/α,β-unsaturated/α-hetero) is 1. The minimum Gasteiger partial charge on any atom is -0.287 e. The van der Waals surface area contributed by atoms with Gasteiger partial charge in [0.1, 0.15) is 17.7 Å². The van der Waals surface area contributed by atoms with E-state index in [0.717, 1.165) is 9.37 Å². The normalized spacial score (nSPS) is 19.7. The number of carbonyl (C=O) groups excluding carboxylic acids is 3. The van der Waals surface area contributed by atoms with E-state index < -0.39 is 23.8 Å². The number of ketones is 1. The maximum atomic E-state index is 13.6. The van der Waals surface area contributed by atoms with E-state index in [1.54, 1.807) is 67.6 Å². The molecule has 0 aromatic heterocycles. The summed E-state index contributed by atoms with van der Waals surface area (Å²) in [5, 5.41) is 6.44. The lowest BCUT2D eigenvalue weighted by atomic mass is 9.92. The van der Waals surface area contributed by atoms with Gasteiger partial charge in [-0.2, -0.15) is 5.10 Å². The quantitative estimate of drug-likeness (QED) is 0.356. The Kier molecular flexibility index (Phi) is 5.38. The lowest BCUT2D eigenvalue weighted by Gasteiger charge is -2.23. The summed E-state index contributed by atoms with van der Waals surface area (Å²) >= 11 is 9.67. The second-order valence-corrected chi connectivity index (χ2v) is 9.14. The minimum atomic E-state index is -1.02. The zero-order valence-corrected chi connectivity index (χ0v) is 19.7. The van der Waals surface area contributed by atoms with Gasteiger partial charge in [-0.25, -0.2) is 4.90 Å². The van der Waals surface area contributed by atoms with E-state index in [1.165, 1.54) is 5.01 Å². The number of fused-ring (bicyclic) bond motifs is 1. The Morgan fingerprint density at radius 1 is 0.939 bits per heavy atom. The first-order valence-electron chi connectivity index (χ1n) is 10.2. The number of imide groups is 1. The van der Waals surface area contributed by atoms with Crippen molar-refractivity contribution in [3.05, 3.63) is 93.4 Å². The van der Waals surface area contributed by atoms with Gasteiger partial charge in [0.15, 0.2) is 0 Å². The number of hydrogen-bond donors (Lipinski definition) is 0. The van der Waals surface area contributed by atoms with Gasteiger partial charge in [0, 0.05) is 15.1 Å². The Morgan fingerprint density at radius 3 is 2.33 bits per heavy atom. The van der Waals surface area contributed by atoms with Crippen molar-refractivity contribution in [3.8, 4) is 0 Å². The second kappa shape index (κ2) is 8.24. The van der Waals surface area contributed by atoms with Gasteiger partial charge in [-0.3, -0.25) is 19.4 Å². The summed E-state index contributed by atoms with van der Waals surface area (Å²) in [7, 11) is 0. The fraction of sp³-hybridized carbons (Fsp3) is 0.120. The van der Waals surface area contributed by atoms with Crippen LogP contribution in [0, 0.1) is 12.8 Å². The van der Waals surface area contributed by atoms with Crippen LogP contribution in [0.5, 0.6) is 0 Å². The van der Waals surface area contributed by atoms with Gasteiger partial charge in [0.25, 0.3) is 5.91 Å². The lowest BCUT2D eigenvalue weighted by molar-refractivity contribution is -0.121. The van der Waals surface area contributed by atoms with Crippen LogP contribution >= 0.6 is 27.5 Å². The molecule has 3 aromatic carbocycles. The van der Waals surface area contributed by atoms with Crippen LogP contribution in [0.2, 0.25) is 5.02 Å². The summed E-state index contributed by atoms with van der Waals surface area (Å²) in [6.45, 7) is 1.75. The number of benzene rings is 3. The Hall–Kier alpha value is -3.29. The Labute approximate surface area is 203 Å². The fourth-order valence-corrected chi connectivity index (χ4v) is 4.66. The summed E-state index contributed by atoms with van der Waals surface area (Å²) in [6.07, 6.45) is 0. The van der Waals surface area contributed by atoms with Crippen LogP contribution in [0.1, 0.15) is 15.9 Å². The molecule has 0 aliphatic carbocycles. The number of rotatable bonds is 4. The molecule has 1 fully saturated rings. The Morgan fingerprint density at radius 2 is 1.64 bits per heavy atom. The van der Waals surface area contributed by atoms with E-state index in [1.807, 2.05) is 12.1 Å². The Bertz CT molecular complexity index is 1320. The molecule has 2 aliphatic heterocycles. The molecular weight excluding hydrogens is 506 g/mol. The maximum Gasteiger partial charge on any atom is 0.259 e. The van der Waals surface area contributed by atoms with E-state index in [0.29, 0.717) is 27.5 Å². The third-order valence-electron chi connectivity index (χ3n) is 5.89. The van der Waals surface area contributed by atoms with Gasteiger partial charge in [-0.05, 0) is 48.9 Å².